The number of rotatable bonds is 3. The van der Waals surface area contributed by atoms with Crippen LogP contribution in [-0.4, -0.2) is 16.6 Å². The molecule has 3 nitrogen and oxygen atoms in total. The molecular weight excluding hydrogens is 322 g/mol. The van der Waals surface area contributed by atoms with Crippen LogP contribution in [0.3, 0.4) is 0 Å². The minimum Gasteiger partial charge on any atom is -0.432 e. The summed E-state index contributed by atoms with van der Waals surface area (Å²) in [7, 11) is 0. The van der Waals surface area contributed by atoms with Gasteiger partial charge in [-0.1, -0.05) is 29.8 Å². The molecule has 25 heavy (non-hydrogen) atoms. The molecule has 1 N–H and O–H groups in total. The van der Waals surface area contributed by atoms with Crippen LogP contribution < -0.4 is 4.74 Å². The van der Waals surface area contributed by atoms with E-state index in [0.29, 0.717) is 5.52 Å². The van der Waals surface area contributed by atoms with Crippen LogP contribution in [0, 0.1) is 13.8 Å². The zero-order chi connectivity index (χ0) is 17.6. The number of hydrogen-bond acceptors (Lipinski definition) is 2. The van der Waals surface area contributed by atoms with Gasteiger partial charge in [-0.25, -0.2) is 4.98 Å². The number of ether oxygens (including phenoxy) is 1. The average Bonchev–Trinajstić information content (AvgIpc) is 2.89. The number of para-hydroxylation sites is 1. The highest BCUT2D eigenvalue weighted by atomic mass is 19.3. The molecule has 4 rings (SSSR count). The molecule has 0 atom stereocenters. The first kappa shape index (κ1) is 15.6. The van der Waals surface area contributed by atoms with E-state index in [1.54, 1.807) is 6.07 Å². The van der Waals surface area contributed by atoms with E-state index >= 15 is 0 Å². The normalized spacial score (nSPS) is 11.6. The smallest absolute Gasteiger partial charge is 0.387 e. The molecule has 0 saturated carbocycles. The van der Waals surface area contributed by atoms with E-state index in [1.165, 1.54) is 6.07 Å². The lowest BCUT2D eigenvalue weighted by Crippen LogP contribution is -2.03. The van der Waals surface area contributed by atoms with Crippen molar-refractivity contribution in [2.24, 2.45) is 0 Å². The van der Waals surface area contributed by atoms with Gasteiger partial charge in [0.1, 0.15) is 5.52 Å². The SMILES string of the molecule is Cc1ccc2[nH]c(C)c(-c3ccc4cccc(OC(F)F)c4n3)c2c1. The fraction of sp³-hybridized carbons (Fsp3) is 0.150. The van der Waals surface area contributed by atoms with Crippen LogP contribution in [0.15, 0.2) is 48.5 Å². The van der Waals surface area contributed by atoms with Crippen molar-refractivity contribution >= 4 is 21.8 Å². The van der Waals surface area contributed by atoms with Crippen molar-refractivity contribution in [3.05, 3.63) is 59.8 Å². The van der Waals surface area contributed by atoms with Crippen LogP contribution in [0.5, 0.6) is 5.75 Å². The minimum absolute atomic E-state index is 0.0861. The number of halogens is 2. The van der Waals surface area contributed by atoms with Crippen LogP contribution >= 0.6 is 0 Å². The third-order valence-corrected chi connectivity index (χ3v) is 4.30. The van der Waals surface area contributed by atoms with Gasteiger partial charge in [-0.3, -0.25) is 0 Å². The Bertz CT molecular complexity index is 1090. The van der Waals surface area contributed by atoms with Crippen molar-refractivity contribution in [2.75, 3.05) is 0 Å². The van der Waals surface area contributed by atoms with Crippen LogP contribution in [0.4, 0.5) is 8.78 Å². The molecular formula is C20H16F2N2O. The molecule has 2 heterocycles. The van der Waals surface area contributed by atoms with E-state index in [2.05, 4.69) is 20.8 Å². The van der Waals surface area contributed by atoms with Crippen molar-refractivity contribution in [3.8, 4) is 17.0 Å². The predicted molar refractivity (Wildman–Crippen MR) is 95.1 cm³/mol. The summed E-state index contributed by atoms with van der Waals surface area (Å²) in [5.41, 5.74) is 5.30. The summed E-state index contributed by atoms with van der Waals surface area (Å²) in [6.45, 7) is 1.14. The van der Waals surface area contributed by atoms with Crippen molar-refractivity contribution in [3.63, 3.8) is 0 Å². The molecule has 0 saturated heterocycles. The maximum absolute atomic E-state index is 12.7. The first-order valence-corrected chi connectivity index (χ1v) is 7.97. The van der Waals surface area contributed by atoms with Gasteiger partial charge in [0.15, 0.2) is 5.75 Å². The first-order valence-electron chi connectivity index (χ1n) is 7.97. The fourth-order valence-corrected chi connectivity index (χ4v) is 3.22. The van der Waals surface area contributed by atoms with E-state index < -0.39 is 6.61 Å². The number of hydrogen-bond donors (Lipinski definition) is 1. The highest BCUT2D eigenvalue weighted by Crippen LogP contribution is 2.34. The first-order chi connectivity index (χ1) is 12.0. The molecule has 2 aromatic heterocycles. The molecule has 0 bridgehead atoms. The second-order valence-corrected chi connectivity index (χ2v) is 6.08. The number of fused-ring (bicyclic) bond motifs is 2. The predicted octanol–water partition coefficient (Wildman–Crippen LogP) is 5.60. The van der Waals surface area contributed by atoms with Gasteiger partial charge in [0.25, 0.3) is 0 Å². The maximum Gasteiger partial charge on any atom is 0.387 e. The third kappa shape index (κ3) is 2.71. The second kappa shape index (κ2) is 5.84. The Kier molecular flexibility index (Phi) is 3.64. The van der Waals surface area contributed by atoms with Gasteiger partial charge in [-0.15, -0.1) is 0 Å². The van der Waals surface area contributed by atoms with Gasteiger partial charge < -0.3 is 9.72 Å². The Morgan fingerprint density at radius 3 is 2.68 bits per heavy atom. The van der Waals surface area contributed by atoms with Crippen molar-refractivity contribution < 1.29 is 13.5 Å². The Hall–Kier alpha value is -2.95. The van der Waals surface area contributed by atoms with E-state index in [-0.39, 0.29) is 5.75 Å². The van der Waals surface area contributed by atoms with Gasteiger partial charge >= 0.3 is 6.61 Å². The number of benzene rings is 2. The lowest BCUT2D eigenvalue weighted by molar-refractivity contribution is -0.0489. The molecule has 4 aromatic rings. The molecule has 0 spiro atoms. The van der Waals surface area contributed by atoms with Crippen molar-refractivity contribution in [2.45, 2.75) is 20.5 Å². The van der Waals surface area contributed by atoms with Crippen molar-refractivity contribution in [1.82, 2.24) is 9.97 Å². The van der Waals surface area contributed by atoms with Crippen LogP contribution in [-0.2, 0) is 0 Å². The second-order valence-electron chi connectivity index (χ2n) is 6.08. The molecule has 0 aliphatic heterocycles. The Balaban J connectivity index is 1.96. The lowest BCUT2D eigenvalue weighted by atomic mass is 10.0. The Morgan fingerprint density at radius 2 is 1.88 bits per heavy atom. The van der Waals surface area contributed by atoms with Crippen molar-refractivity contribution in [1.29, 1.82) is 0 Å². The monoisotopic (exact) mass is 338 g/mol. The number of alkyl halides is 2. The summed E-state index contributed by atoms with van der Waals surface area (Å²) < 4.78 is 30.0. The summed E-state index contributed by atoms with van der Waals surface area (Å²) in [4.78, 5) is 7.99. The summed E-state index contributed by atoms with van der Waals surface area (Å²) in [6.07, 6.45) is 0. The number of pyridine rings is 1. The van der Waals surface area contributed by atoms with Crippen LogP contribution in [0.1, 0.15) is 11.3 Å². The van der Waals surface area contributed by atoms with E-state index in [1.807, 2.05) is 44.2 Å². The van der Waals surface area contributed by atoms with E-state index in [4.69, 9.17) is 0 Å². The fourth-order valence-electron chi connectivity index (χ4n) is 3.22. The lowest BCUT2D eigenvalue weighted by Gasteiger charge is -2.09. The Morgan fingerprint density at radius 1 is 1.04 bits per heavy atom. The summed E-state index contributed by atoms with van der Waals surface area (Å²) in [6, 6.07) is 15.0. The number of nitrogens with zero attached hydrogens (tertiary/aromatic N) is 1. The van der Waals surface area contributed by atoms with Crippen LogP contribution in [0.2, 0.25) is 0 Å². The number of aromatic nitrogens is 2. The van der Waals surface area contributed by atoms with Gasteiger partial charge in [0, 0.05) is 27.5 Å². The van der Waals surface area contributed by atoms with Gasteiger partial charge in [0.05, 0.1) is 5.69 Å². The number of nitrogens with one attached hydrogen (secondary N) is 1. The molecule has 0 aliphatic rings. The summed E-state index contributed by atoms with van der Waals surface area (Å²) >= 11 is 0. The zero-order valence-electron chi connectivity index (χ0n) is 13.8. The topological polar surface area (TPSA) is 37.9 Å². The summed E-state index contributed by atoms with van der Waals surface area (Å²) in [5.74, 6) is 0.0861. The molecule has 0 fully saturated rings. The minimum atomic E-state index is -2.88. The van der Waals surface area contributed by atoms with E-state index in [9.17, 15) is 8.78 Å². The molecule has 126 valence electrons. The summed E-state index contributed by atoms with van der Waals surface area (Å²) in [5, 5.41) is 1.83. The molecule has 0 aliphatic carbocycles. The van der Waals surface area contributed by atoms with Gasteiger partial charge in [-0.05, 0) is 38.1 Å². The van der Waals surface area contributed by atoms with Crippen LogP contribution in [0.25, 0.3) is 33.1 Å². The standard InChI is InChI=1S/C20H16F2N2O/c1-11-6-8-15-14(10-11)18(12(2)23-15)16-9-7-13-4-3-5-17(19(13)24-16)25-20(21)22/h3-10,20,23H,1-2H3. The highest BCUT2D eigenvalue weighted by molar-refractivity contribution is 5.98. The molecule has 0 amide bonds. The van der Waals surface area contributed by atoms with Gasteiger partial charge in [0.2, 0.25) is 0 Å². The maximum atomic E-state index is 12.7. The number of aryl methyl sites for hydroxylation is 2. The molecule has 0 radical (unpaired) electrons. The zero-order valence-corrected chi connectivity index (χ0v) is 13.8. The quantitative estimate of drug-likeness (QED) is 0.528. The highest BCUT2D eigenvalue weighted by Gasteiger charge is 2.15. The molecule has 5 heteroatoms. The number of H-pyrrole nitrogens is 1. The average molecular weight is 338 g/mol. The third-order valence-electron chi connectivity index (χ3n) is 4.30. The molecule has 2 aromatic carbocycles. The largest absolute Gasteiger partial charge is 0.432 e. The number of aromatic amines is 1. The molecule has 0 unspecified atom stereocenters. The van der Waals surface area contributed by atoms with E-state index in [0.717, 1.165) is 38.8 Å². The Labute approximate surface area is 143 Å². The van der Waals surface area contributed by atoms with Gasteiger partial charge in [-0.2, -0.15) is 8.78 Å².